The van der Waals surface area contributed by atoms with Gasteiger partial charge in [-0.3, -0.25) is 14.4 Å². The fraction of sp³-hybridized carbons (Fsp3) is 0.333. The Morgan fingerprint density at radius 3 is 2.33 bits per heavy atom. The third kappa shape index (κ3) is 5.94. The minimum absolute atomic E-state index is 0.0921. The summed E-state index contributed by atoms with van der Waals surface area (Å²) in [5, 5.41) is 28.0. The van der Waals surface area contributed by atoms with Crippen molar-refractivity contribution in [1.82, 2.24) is 49.4 Å². The zero-order valence-electron chi connectivity index (χ0n) is 32.2. The number of carbonyl (C=O) groups excluding carboxylic acids is 2. The SMILES string of the molecule is CC(C)n1cccc(Nc2nc3c(C(=O)N[C@@H]4C[C@@H]4F)cnn3c3c2OCC(c2ccc(Nc4nc5c(C(=O)NC6CC6)cnn5c5c4OCCN5)c4ncoc24)N3)c1=O. The van der Waals surface area contributed by atoms with Crippen LogP contribution < -0.4 is 46.9 Å². The minimum Gasteiger partial charge on any atom is -0.485 e. The maximum Gasteiger partial charge on any atom is 0.274 e. The topological polar surface area (TPSA) is 233 Å². The Morgan fingerprint density at radius 2 is 1.62 bits per heavy atom. The number of benzene rings is 1. The van der Waals surface area contributed by atoms with Gasteiger partial charge in [0.1, 0.15) is 41.7 Å². The van der Waals surface area contributed by atoms with Gasteiger partial charge in [-0.25, -0.2) is 19.3 Å². The fourth-order valence-corrected chi connectivity index (χ4v) is 7.53. The molecule has 60 heavy (non-hydrogen) atoms. The fourth-order valence-electron chi connectivity index (χ4n) is 7.53. The van der Waals surface area contributed by atoms with Crippen molar-refractivity contribution in [2.75, 3.05) is 41.0 Å². The second-order valence-corrected chi connectivity index (χ2v) is 15.4. The summed E-state index contributed by atoms with van der Waals surface area (Å²) >= 11 is 0. The van der Waals surface area contributed by atoms with Crippen molar-refractivity contribution in [3.8, 4) is 11.5 Å². The van der Waals surface area contributed by atoms with Crippen molar-refractivity contribution in [2.24, 2.45) is 0 Å². The standard InChI is InChI=1S/C39H37FN14O6/c1-17(2)52-10-3-4-24(39(52)57)47-32-30-36(54-34(51-32)21(14-44-54)38(56)49-25-12-22(25)40)48-26(15-59-30)19-7-8-23(27-28(19)60-16-42-27)46-31-29-35(41-9-11-58-29)53-33(50-31)20(13-43-53)37(55)45-18-5-6-18/h3-4,7-8,10,13-14,16-18,22,25-26,41,48H,5-6,9,11-12,15H2,1-2H3,(H,45,55)(H,46,50)(H,47,51)(H,49,56)/t22-,25+,26?/m0/s1. The maximum absolute atomic E-state index is 13.8. The number of carbonyl (C=O) groups is 2. The Balaban J connectivity index is 0.954. The number of halogens is 1. The molecule has 4 aliphatic rings. The van der Waals surface area contributed by atoms with Crippen LogP contribution in [0.5, 0.6) is 11.5 Å². The Bertz CT molecular complexity index is 2970. The van der Waals surface area contributed by atoms with Crippen LogP contribution in [0.2, 0.25) is 0 Å². The highest BCUT2D eigenvalue weighted by Gasteiger charge is 2.40. The number of nitrogens with zero attached hydrogens (tertiary/aromatic N) is 8. The number of rotatable bonds is 10. The summed E-state index contributed by atoms with van der Waals surface area (Å²) in [4.78, 5) is 54.1. The Labute approximate surface area is 337 Å². The molecular weight excluding hydrogens is 780 g/mol. The van der Waals surface area contributed by atoms with E-state index in [1.807, 2.05) is 26.0 Å². The van der Waals surface area contributed by atoms with E-state index in [1.165, 1.54) is 23.3 Å². The highest BCUT2D eigenvalue weighted by molar-refractivity contribution is 6.02. The van der Waals surface area contributed by atoms with Gasteiger partial charge in [0.2, 0.25) is 11.5 Å². The van der Waals surface area contributed by atoms with Crippen LogP contribution in [0.25, 0.3) is 22.4 Å². The lowest BCUT2D eigenvalue weighted by atomic mass is 10.0. The number of pyridine rings is 1. The second-order valence-electron chi connectivity index (χ2n) is 15.4. The number of nitrogens with one attached hydrogen (secondary N) is 6. The summed E-state index contributed by atoms with van der Waals surface area (Å²) in [5.41, 5.74) is 3.10. The average Bonchev–Trinajstić information content (AvgIpc) is 3.96. The van der Waals surface area contributed by atoms with Gasteiger partial charge in [0, 0.05) is 30.3 Å². The molecule has 21 heteroatoms. The molecule has 306 valence electrons. The summed E-state index contributed by atoms with van der Waals surface area (Å²) in [5.74, 6) is 1.34. The number of oxazole rings is 1. The van der Waals surface area contributed by atoms with Gasteiger partial charge in [-0.1, -0.05) is 6.07 Å². The maximum atomic E-state index is 13.8. The summed E-state index contributed by atoms with van der Waals surface area (Å²) < 4.78 is 36.9. The molecule has 0 saturated heterocycles. The summed E-state index contributed by atoms with van der Waals surface area (Å²) in [7, 11) is 0. The first kappa shape index (κ1) is 35.7. The highest BCUT2D eigenvalue weighted by Crippen LogP contribution is 2.43. The minimum atomic E-state index is -1.11. The van der Waals surface area contributed by atoms with Gasteiger partial charge < -0.3 is 50.4 Å². The third-order valence-electron chi connectivity index (χ3n) is 10.9. The molecule has 2 fully saturated rings. The highest BCUT2D eigenvalue weighted by atomic mass is 19.1. The summed E-state index contributed by atoms with van der Waals surface area (Å²) in [6.45, 7) is 4.82. The molecule has 11 rings (SSSR count). The third-order valence-corrected chi connectivity index (χ3v) is 10.9. The van der Waals surface area contributed by atoms with Gasteiger partial charge >= 0.3 is 0 Å². The monoisotopic (exact) mass is 816 g/mol. The van der Waals surface area contributed by atoms with E-state index in [2.05, 4.69) is 47.1 Å². The first-order valence-corrected chi connectivity index (χ1v) is 19.7. The molecule has 0 radical (unpaired) electrons. The first-order chi connectivity index (χ1) is 29.2. The van der Waals surface area contributed by atoms with Gasteiger partial charge in [-0.15, -0.1) is 0 Å². The van der Waals surface area contributed by atoms with Crippen LogP contribution in [-0.2, 0) is 0 Å². The summed E-state index contributed by atoms with van der Waals surface area (Å²) in [6.07, 6.45) is 6.92. The molecule has 3 atom stereocenters. The van der Waals surface area contributed by atoms with Crippen LogP contribution in [0, 0.1) is 0 Å². The van der Waals surface area contributed by atoms with Gasteiger partial charge in [-0.05, 0) is 44.9 Å². The number of ether oxygens (including phenoxy) is 2. The number of anilines is 6. The molecule has 2 aliphatic heterocycles. The number of hydrogen-bond donors (Lipinski definition) is 6. The van der Waals surface area contributed by atoms with E-state index in [0.29, 0.717) is 69.9 Å². The van der Waals surface area contributed by atoms with Gasteiger partial charge in [0.15, 0.2) is 46.5 Å². The van der Waals surface area contributed by atoms with Crippen LogP contribution in [0.3, 0.4) is 0 Å². The van der Waals surface area contributed by atoms with Gasteiger partial charge in [0.25, 0.3) is 17.4 Å². The molecule has 2 amide bonds. The number of fused-ring (bicyclic) bond motifs is 7. The molecule has 8 heterocycles. The van der Waals surface area contributed by atoms with E-state index in [4.69, 9.17) is 23.9 Å². The molecule has 6 aromatic heterocycles. The first-order valence-electron chi connectivity index (χ1n) is 19.7. The van der Waals surface area contributed by atoms with Crippen molar-refractivity contribution in [3.05, 3.63) is 76.3 Å². The molecule has 6 N–H and O–H groups in total. The molecule has 0 bridgehead atoms. The van der Waals surface area contributed by atoms with E-state index in [-0.39, 0.29) is 65.0 Å². The normalized spacial score (nSPS) is 19.2. The lowest BCUT2D eigenvalue weighted by Gasteiger charge is -2.29. The molecule has 2 aliphatic carbocycles. The molecule has 20 nitrogen and oxygen atoms in total. The lowest BCUT2D eigenvalue weighted by Crippen LogP contribution is -2.29. The Kier molecular flexibility index (Phi) is 8.07. The molecule has 2 saturated carbocycles. The van der Waals surface area contributed by atoms with Crippen molar-refractivity contribution in [2.45, 2.75) is 63.4 Å². The molecule has 7 aromatic rings. The molecule has 1 unspecified atom stereocenters. The van der Waals surface area contributed by atoms with Gasteiger partial charge in [-0.2, -0.15) is 19.2 Å². The number of amides is 2. The Morgan fingerprint density at radius 1 is 0.917 bits per heavy atom. The van der Waals surface area contributed by atoms with Crippen LogP contribution in [0.15, 0.2) is 58.5 Å². The van der Waals surface area contributed by atoms with E-state index >= 15 is 0 Å². The molecule has 0 spiro atoms. The van der Waals surface area contributed by atoms with E-state index in [9.17, 15) is 18.8 Å². The van der Waals surface area contributed by atoms with E-state index < -0.39 is 24.2 Å². The van der Waals surface area contributed by atoms with Gasteiger partial charge in [0.05, 0.1) is 36.7 Å². The van der Waals surface area contributed by atoms with Crippen molar-refractivity contribution in [1.29, 1.82) is 0 Å². The van der Waals surface area contributed by atoms with Crippen LogP contribution in [0.1, 0.15) is 71.5 Å². The molecular formula is C39H37FN14O6. The van der Waals surface area contributed by atoms with Crippen LogP contribution in [-0.4, -0.2) is 88.6 Å². The van der Waals surface area contributed by atoms with Crippen LogP contribution in [0.4, 0.5) is 39.0 Å². The lowest BCUT2D eigenvalue weighted by molar-refractivity contribution is 0.0942. The van der Waals surface area contributed by atoms with E-state index in [1.54, 1.807) is 27.4 Å². The number of hydrogen-bond acceptors (Lipinski definition) is 15. The largest absolute Gasteiger partial charge is 0.485 e. The van der Waals surface area contributed by atoms with E-state index in [0.717, 1.165) is 12.8 Å². The summed E-state index contributed by atoms with van der Waals surface area (Å²) in [6, 6.07) is 6.02. The Hall–Kier alpha value is -7.45. The smallest absolute Gasteiger partial charge is 0.274 e. The zero-order chi connectivity index (χ0) is 40.8. The quantitative estimate of drug-likeness (QED) is 0.113. The van der Waals surface area contributed by atoms with Crippen LogP contribution >= 0.6 is 0 Å². The zero-order valence-corrected chi connectivity index (χ0v) is 32.2. The number of alkyl halides is 1. The average molecular weight is 817 g/mol. The van der Waals surface area contributed by atoms with Crippen molar-refractivity contribution >= 4 is 68.9 Å². The van der Waals surface area contributed by atoms with Crippen molar-refractivity contribution in [3.63, 3.8) is 0 Å². The molecule has 1 aromatic carbocycles. The predicted octanol–water partition coefficient (Wildman–Crippen LogP) is 4.23. The predicted molar refractivity (Wildman–Crippen MR) is 215 cm³/mol. The number of aromatic nitrogens is 8. The van der Waals surface area contributed by atoms with Crippen molar-refractivity contribution < 1.29 is 27.9 Å². The second kappa shape index (κ2) is 13.6.